The van der Waals surface area contributed by atoms with E-state index in [0.717, 1.165) is 41.9 Å². The molecule has 4 aromatic rings. The van der Waals surface area contributed by atoms with Gasteiger partial charge in [-0.3, -0.25) is 9.20 Å². The second-order valence-corrected chi connectivity index (χ2v) is 8.09. The monoisotopic (exact) mass is 443 g/mol. The largest absolute Gasteiger partial charge is 0.496 e. The van der Waals surface area contributed by atoms with E-state index in [-0.39, 0.29) is 11.9 Å². The van der Waals surface area contributed by atoms with Gasteiger partial charge in [-0.1, -0.05) is 12.1 Å². The normalized spacial score (nSPS) is 15.6. The molecule has 4 N–H and O–H groups in total. The van der Waals surface area contributed by atoms with Gasteiger partial charge in [0.05, 0.1) is 18.7 Å². The predicted octanol–water partition coefficient (Wildman–Crippen LogP) is 3.37. The van der Waals surface area contributed by atoms with Crippen LogP contribution in [0, 0.1) is 6.92 Å². The van der Waals surface area contributed by atoms with Crippen LogP contribution in [-0.2, 0) is 0 Å². The van der Waals surface area contributed by atoms with Gasteiger partial charge in [0.15, 0.2) is 0 Å². The lowest BCUT2D eigenvalue weighted by molar-refractivity contribution is 0.102. The molecule has 168 valence electrons. The number of pyridine rings is 1. The van der Waals surface area contributed by atoms with Crippen LogP contribution in [-0.4, -0.2) is 38.9 Å². The molecule has 9 nitrogen and oxygen atoms in total. The summed E-state index contributed by atoms with van der Waals surface area (Å²) >= 11 is 0. The number of ether oxygens (including phenoxy) is 1. The lowest BCUT2D eigenvalue weighted by Crippen LogP contribution is -2.16. The molecule has 4 heterocycles. The maximum Gasteiger partial charge on any atom is 0.260 e. The van der Waals surface area contributed by atoms with E-state index in [1.807, 2.05) is 29.7 Å². The molecular formula is C24H25N7O2. The van der Waals surface area contributed by atoms with Gasteiger partial charge in [0.1, 0.15) is 34.4 Å². The van der Waals surface area contributed by atoms with Crippen LogP contribution in [0.4, 0.5) is 11.6 Å². The summed E-state index contributed by atoms with van der Waals surface area (Å²) in [5, 5.41) is 6.31. The predicted molar refractivity (Wildman–Crippen MR) is 126 cm³/mol. The van der Waals surface area contributed by atoms with E-state index >= 15 is 0 Å². The first-order chi connectivity index (χ1) is 16.0. The molecule has 1 fully saturated rings. The van der Waals surface area contributed by atoms with Crippen molar-refractivity contribution in [2.45, 2.75) is 25.8 Å². The number of nitrogens with zero attached hydrogens (tertiary/aromatic N) is 4. The number of imidazole rings is 1. The molecule has 1 aliphatic heterocycles. The summed E-state index contributed by atoms with van der Waals surface area (Å²) in [7, 11) is 1.54. The quantitative estimate of drug-likeness (QED) is 0.433. The maximum absolute atomic E-state index is 12.9. The minimum Gasteiger partial charge on any atom is -0.496 e. The van der Waals surface area contributed by atoms with Gasteiger partial charge in [-0.2, -0.15) is 0 Å². The van der Waals surface area contributed by atoms with E-state index in [1.165, 1.54) is 7.11 Å². The van der Waals surface area contributed by atoms with Gasteiger partial charge in [-0.15, -0.1) is 0 Å². The lowest BCUT2D eigenvalue weighted by atomic mass is 10.1. The number of fused-ring (bicyclic) bond motifs is 1. The van der Waals surface area contributed by atoms with Gasteiger partial charge in [0.2, 0.25) is 0 Å². The van der Waals surface area contributed by atoms with Gasteiger partial charge in [-0.05, 0) is 50.1 Å². The van der Waals surface area contributed by atoms with Gasteiger partial charge in [0, 0.05) is 24.2 Å². The number of rotatable bonds is 5. The van der Waals surface area contributed by atoms with E-state index in [4.69, 9.17) is 15.5 Å². The number of aromatic nitrogens is 4. The van der Waals surface area contributed by atoms with Gasteiger partial charge in [-0.25, -0.2) is 15.0 Å². The Hall–Kier alpha value is -3.98. The highest BCUT2D eigenvalue weighted by atomic mass is 16.5. The Balaban J connectivity index is 1.54. The minimum atomic E-state index is -0.304. The molecule has 0 radical (unpaired) electrons. The zero-order chi connectivity index (χ0) is 22.9. The van der Waals surface area contributed by atoms with E-state index in [9.17, 15) is 4.79 Å². The maximum atomic E-state index is 12.9. The topological polar surface area (TPSA) is 119 Å². The molecule has 1 atom stereocenters. The molecule has 0 saturated carbocycles. The van der Waals surface area contributed by atoms with Crippen molar-refractivity contribution in [3.63, 3.8) is 0 Å². The number of anilines is 2. The standard InChI is InChI=1S/C24H25N7O2/c1-14-5-8-19(28-13-14)29-24(32)16-7-6-15(12-18(16)33-2)20-21-22(25)27-10-11-31(21)23(30-20)17-4-3-9-26-17/h5-8,10-13,17,26H,3-4,9H2,1-2H3,(H2,25,27)(H,28,29,32)/t17-/m0/s1. The average Bonchev–Trinajstić information content (AvgIpc) is 3.49. The summed E-state index contributed by atoms with van der Waals surface area (Å²) in [5.74, 6) is 1.90. The van der Waals surface area contributed by atoms with E-state index in [1.54, 1.807) is 30.6 Å². The van der Waals surface area contributed by atoms with Crippen LogP contribution in [0.1, 0.15) is 40.6 Å². The summed E-state index contributed by atoms with van der Waals surface area (Å²) < 4.78 is 7.56. The van der Waals surface area contributed by atoms with Crippen LogP contribution in [0.2, 0.25) is 0 Å². The van der Waals surface area contributed by atoms with Crippen LogP contribution in [0.15, 0.2) is 48.9 Å². The number of methoxy groups -OCH3 is 1. The van der Waals surface area contributed by atoms with Crippen molar-refractivity contribution in [1.82, 2.24) is 24.7 Å². The number of aryl methyl sites for hydroxylation is 1. The second kappa shape index (κ2) is 8.51. The molecular weight excluding hydrogens is 418 g/mol. The van der Waals surface area contributed by atoms with E-state index in [2.05, 4.69) is 20.6 Å². The van der Waals surface area contributed by atoms with Crippen molar-refractivity contribution < 1.29 is 9.53 Å². The van der Waals surface area contributed by atoms with Crippen molar-refractivity contribution >= 4 is 23.1 Å². The number of amides is 1. The average molecular weight is 444 g/mol. The summed E-state index contributed by atoms with van der Waals surface area (Å²) in [6.07, 6.45) is 7.37. The fourth-order valence-electron chi connectivity index (χ4n) is 4.19. The Morgan fingerprint density at radius 2 is 2.15 bits per heavy atom. The summed E-state index contributed by atoms with van der Waals surface area (Å²) in [5.41, 5.74) is 9.91. The zero-order valence-corrected chi connectivity index (χ0v) is 18.5. The molecule has 9 heteroatoms. The Morgan fingerprint density at radius 1 is 1.27 bits per heavy atom. The first-order valence-electron chi connectivity index (χ1n) is 10.8. The fourth-order valence-corrected chi connectivity index (χ4v) is 4.19. The number of carbonyl (C=O) groups excluding carboxylic acids is 1. The van der Waals surface area contributed by atoms with Crippen LogP contribution >= 0.6 is 0 Å². The zero-order valence-electron chi connectivity index (χ0n) is 18.5. The van der Waals surface area contributed by atoms with E-state index in [0.29, 0.717) is 28.6 Å². The molecule has 0 bridgehead atoms. The number of hydrogen-bond donors (Lipinski definition) is 3. The highest BCUT2D eigenvalue weighted by molar-refractivity contribution is 6.06. The Morgan fingerprint density at radius 3 is 2.88 bits per heavy atom. The lowest BCUT2D eigenvalue weighted by Gasteiger charge is -2.11. The third-order valence-electron chi connectivity index (χ3n) is 5.85. The van der Waals surface area contributed by atoms with Crippen molar-refractivity contribution in [1.29, 1.82) is 0 Å². The van der Waals surface area contributed by atoms with Crippen molar-refractivity contribution in [2.75, 3.05) is 24.7 Å². The van der Waals surface area contributed by atoms with Crippen LogP contribution < -0.4 is 21.1 Å². The number of carbonyl (C=O) groups is 1. The Bertz CT molecular complexity index is 1320. The summed E-state index contributed by atoms with van der Waals surface area (Å²) in [4.78, 5) is 26.3. The molecule has 1 saturated heterocycles. The number of nitrogen functional groups attached to an aromatic ring is 1. The number of benzene rings is 1. The fraction of sp³-hybridized carbons (Fsp3) is 0.250. The first kappa shape index (κ1) is 20.9. The van der Waals surface area contributed by atoms with Crippen molar-refractivity contribution in [2.24, 2.45) is 0 Å². The molecule has 5 rings (SSSR count). The van der Waals surface area contributed by atoms with Crippen LogP contribution in [0.5, 0.6) is 5.75 Å². The highest BCUT2D eigenvalue weighted by Gasteiger charge is 2.25. The molecule has 1 aliphatic rings. The van der Waals surface area contributed by atoms with Gasteiger partial charge >= 0.3 is 0 Å². The van der Waals surface area contributed by atoms with Gasteiger partial charge in [0.25, 0.3) is 5.91 Å². The Labute approximate surface area is 191 Å². The second-order valence-electron chi connectivity index (χ2n) is 8.09. The molecule has 0 aliphatic carbocycles. The SMILES string of the molecule is COc1cc(-c2nc([C@@H]3CCCN3)n3ccnc(N)c23)ccc1C(=O)Nc1ccc(C)cn1. The summed E-state index contributed by atoms with van der Waals surface area (Å²) in [6, 6.07) is 9.19. The number of nitrogens with two attached hydrogens (primary N) is 1. The number of hydrogen-bond acceptors (Lipinski definition) is 7. The first-order valence-corrected chi connectivity index (χ1v) is 10.8. The molecule has 1 amide bonds. The Kier molecular flexibility index (Phi) is 5.39. The number of nitrogens with one attached hydrogen (secondary N) is 2. The molecule has 3 aromatic heterocycles. The molecule has 1 aromatic carbocycles. The molecule has 0 unspecified atom stereocenters. The van der Waals surface area contributed by atoms with Crippen LogP contribution in [0.25, 0.3) is 16.8 Å². The third-order valence-corrected chi connectivity index (χ3v) is 5.85. The van der Waals surface area contributed by atoms with Crippen molar-refractivity contribution in [3.8, 4) is 17.0 Å². The smallest absolute Gasteiger partial charge is 0.260 e. The van der Waals surface area contributed by atoms with E-state index < -0.39 is 0 Å². The molecule has 0 spiro atoms. The van der Waals surface area contributed by atoms with Crippen molar-refractivity contribution in [3.05, 3.63) is 65.9 Å². The van der Waals surface area contributed by atoms with Gasteiger partial charge < -0.3 is 21.1 Å². The minimum absolute atomic E-state index is 0.155. The highest BCUT2D eigenvalue weighted by Crippen LogP contribution is 2.34. The summed E-state index contributed by atoms with van der Waals surface area (Å²) in [6.45, 7) is 2.90. The molecule has 33 heavy (non-hydrogen) atoms. The third kappa shape index (κ3) is 3.87. The van der Waals surface area contributed by atoms with Crippen LogP contribution in [0.3, 0.4) is 0 Å².